The van der Waals surface area contributed by atoms with E-state index in [9.17, 15) is 13.2 Å². The number of carbonyl (C=O) groups is 1. The molecule has 1 aromatic heterocycles. The van der Waals surface area contributed by atoms with Crippen molar-refractivity contribution in [2.24, 2.45) is 5.73 Å². The average Bonchev–Trinajstić information content (AvgIpc) is 2.78. The number of hydrogen-bond acceptors (Lipinski definition) is 5. The summed E-state index contributed by atoms with van der Waals surface area (Å²) >= 11 is 6.89. The summed E-state index contributed by atoms with van der Waals surface area (Å²) in [7, 11) is -3.53. The Morgan fingerprint density at radius 2 is 2.09 bits per heavy atom. The maximum atomic E-state index is 12.6. The molecule has 1 fully saturated rings. The largest absolute Gasteiger partial charge is 0.341 e. The van der Waals surface area contributed by atoms with Crippen molar-refractivity contribution in [2.45, 2.75) is 36.4 Å². The fourth-order valence-electron chi connectivity index (χ4n) is 2.46. The molecule has 130 valence electrons. The number of nitrogens with zero attached hydrogens (tertiary/aromatic N) is 2. The summed E-state index contributed by atoms with van der Waals surface area (Å²) < 4.78 is 27.3. The number of rotatable bonds is 5. The Morgan fingerprint density at radius 3 is 2.70 bits per heavy atom. The molecular weight excluding hydrogens is 358 g/mol. The number of hydrogen-bond donors (Lipinski definition) is 1. The molecule has 0 aliphatic carbocycles. The van der Waals surface area contributed by atoms with Crippen LogP contribution in [0.1, 0.15) is 26.2 Å². The van der Waals surface area contributed by atoms with Crippen LogP contribution in [0, 0.1) is 0 Å². The molecule has 0 spiro atoms. The van der Waals surface area contributed by atoms with Crippen molar-refractivity contribution in [3.63, 3.8) is 0 Å². The molecule has 0 radical (unpaired) electrons. The molecule has 0 saturated carbocycles. The highest BCUT2D eigenvalue weighted by molar-refractivity contribution is 7.91. The van der Waals surface area contributed by atoms with Gasteiger partial charge in [0.1, 0.15) is 4.21 Å². The van der Waals surface area contributed by atoms with Crippen LogP contribution in [0.15, 0.2) is 16.3 Å². The quantitative estimate of drug-likeness (QED) is 0.844. The summed E-state index contributed by atoms with van der Waals surface area (Å²) in [6, 6.07) is 3.10. The van der Waals surface area contributed by atoms with Gasteiger partial charge in [-0.3, -0.25) is 4.79 Å². The molecule has 2 heterocycles. The molecule has 9 heteroatoms. The van der Waals surface area contributed by atoms with Gasteiger partial charge in [-0.05, 0) is 31.9 Å². The zero-order valence-electron chi connectivity index (χ0n) is 13.1. The zero-order valence-corrected chi connectivity index (χ0v) is 15.5. The number of amides is 1. The van der Waals surface area contributed by atoms with E-state index in [0.29, 0.717) is 49.8 Å². The van der Waals surface area contributed by atoms with Crippen LogP contribution < -0.4 is 5.73 Å². The van der Waals surface area contributed by atoms with Crippen molar-refractivity contribution in [3.8, 4) is 0 Å². The molecular formula is C14H22ClN3O3S2. The predicted octanol–water partition coefficient (Wildman–Crippen LogP) is 1.75. The SMILES string of the molecule is CC(N)CCC(=O)N1CCCN(S(=O)(=O)c2ccc(Cl)s2)CC1. The van der Waals surface area contributed by atoms with Crippen LogP contribution >= 0.6 is 22.9 Å². The fourth-order valence-corrected chi connectivity index (χ4v) is 5.56. The highest BCUT2D eigenvalue weighted by atomic mass is 35.5. The molecule has 0 bridgehead atoms. The first kappa shape index (κ1) is 18.7. The van der Waals surface area contributed by atoms with Gasteiger partial charge < -0.3 is 10.6 Å². The molecule has 6 nitrogen and oxygen atoms in total. The van der Waals surface area contributed by atoms with E-state index in [-0.39, 0.29) is 16.2 Å². The summed E-state index contributed by atoms with van der Waals surface area (Å²) in [5.74, 6) is 0.0423. The first-order valence-corrected chi connectivity index (χ1v) is 10.2. The molecule has 2 rings (SSSR count). The van der Waals surface area contributed by atoms with E-state index in [1.165, 1.54) is 10.4 Å². The Hall–Kier alpha value is -0.670. The first-order valence-electron chi connectivity index (χ1n) is 7.59. The molecule has 23 heavy (non-hydrogen) atoms. The maximum Gasteiger partial charge on any atom is 0.252 e. The third-order valence-electron chi connectivity index (χ3n) is 3.76. The Balaban J connectivity index is 1.99. The maximum absolute atomic E-state index is 12.6. The first-order chi connectivity index (χ1) is 10.8. The molecule has 1 aromatic rings. The van der Waals surface area contributed by atoms with Gasteiger partial charge >= 0.3 is 0 Å². The molecule has 2 N–H and O–H groups in total. The molecule has 1 unspecified atom stereocenters. The Labute approximate surface area is 146 Å². The van der Waals surface area contributed by atoms with Crippen LogP contribution in [0.25, 0.3) is 0 Å². The van der Waals surface area contributed by atoms with E-state index in [2.05, 4.69) is 0 Å². The number of halogens is 1. The second-order valence-corrected chi connectivity index (χ2v) is 9.59. The third-order valence-corrected chi connectivity index (χ3v) is 7.36. The van der Waals surface area contributed by atoms with Gasteiger partial charge in [-0.1, -0.05) is 11.6 Å². The van der Waals surface area contributed by atoms with Crippen LogP contribution in [0.4, 0.5) is 0 Å². The molecule has 1 saturated heterocycles. The minimum absolute atomic E-state index is 0.00798. The van der Waals surface area contributed by atoms with Crippen LogP contribution in [-0.2, 0) is 14.8 Å². The van der Waals surface area contributed by atoms with Crippen molar-refractivity contribution >= 4 is 38.9 Å². The molecule has 0 aromatic carbocycles. The minimum atomic E-state index is -3.53. The summed E-state index contributed by atoms with van der Waals surface area (Å²) in [5.41, 5.74) is 5.68. The molecule has 1 aliphatic heterocycles. The standard InChI is InChI=1S/C14H22ClN3O3S2/c1-11(16)3-5-13(19)17-7-2-8-18(10-9-17)23(20,21)14-6-4-12(15)22-14/h4,6,11H,2-3,5,7-10,16H2,1H3. The van der Waals surface area contributed by atoms with Crippen molar-refractivity contribution in [1.82, 2.24) is 9.21 Å². The van der Waals surface area contributed by atoms with E-state index in [4.69, 9.17) is 17.3 Å². The zero-order chi connectivity index (χ0) is 17.0. The Morgan fingerprint density at radius 1 is 1.35 bits per heavy atom. The number of thiophene rings is 1. The number of nitrogens with two attached hydrogens (primary N) is 1. The van der Waals surface area contributed by atoms with Crippen LogP contribution in [0.2, 0.25) is 4.34 Å². The number of carbonyl (C=O) groups excluding carboxylic acids is 1. The van der Waals surface area contributed by atoms with E-state index < -0.39 is 10.0 Å². The second-order valence-electron chi connectivity index (χ2n) is 5.71. The Bertz CT molecular complexity index is 645. The third kappa shape index (κ3) is 4.90. The highest BCUT2D eigenvalue weighted by Crippen LogP contribution is 2.28. The summed E-state index contributed by atoms with van der Waals surface area (Å²) in [6.45, 7) is 3.58. The van der Waals surface area contributed by atoms with Gasteiger partial charge in [-0.15, -0.1) is 11.3 Å². The van der Waals surface area contributed by atoms with E-state index in [0.717, 1.165) is 11.3 Å². The minimum Gasteiger partial charge on any atom is -0.341 e. The molecule has 1 amide bonds. The van der Waals surface area contributed by atoms with Gasteiger partial charge in [0, 0.05) is 38.6 Å². The lowest BCUT2D eigenvalue weighted by atomic mass is 10.2. The van der Waals surface area contributed by atoms with Crippen LogP contribution in [-0.4, -0.2) is 55.8 Å². The fraction of sp³-hybridized carbons (Fsp3) is 0.643. The molecule has 1 aliphatic rings. The van der Waals surface area contributed by atoms with Gasteiger partial charge in [0.05, 0.1) is 4.34 Å². The van der Waals surface area contributed by atoms with Crippen molar-refractivity contribution in [3.05, 3.63) is 16.5 Å². The topological polar surface area (TPSA) is 83.7 Å². The van der Waals surface area contributed by atoms with Crippen molar-refractivity contribution in [2.75, 3.05) is 26.2 Å². The van der Waals surface area contributed by atoms with Crippen LogP contribution in [0.3, 0.4) is 0 Å². The van der Waals surface area contributed by atoms with Crippen molar-refractivity contribution < 1.29 is 13.2 Å². The summed E-state index contributed by atoms with van der Waals surface area (Å²) in [5, 5.41) is 0. The van der Waals surface area contributed by atoms with Gasteiger partial charge in [-0.2, -0.15) is 4.31 Å². The predicted molar refractivity (Wildman–Crippen MR) is 92.2 cm³/mol. The average molecular weight is 380 g/mol. The summed E-state index contributed by atoms with van der Waals surface area (Å²) in [6.07, 6.45) is 1.68. The molecule has 1 atom stereocenters. The lowest BCUT2D eigenvalue weighted by molar-refractivity contribution is -0.131. The normalized spacial score (nSPS) is 18.7. The van der Waals surface area contributed by atoms with Gasteiger partial charge in [0.25, 0.3) is 10.0 Å². The lowest BCUT2D eigenvalue weighted by Crippen LogP contribution is -2.37. The van der Waals surface area contributed by atoms with Crippen molar-refractivity contribution in [1.29, 1.82) is 0 Å². The van der Waals surface area contributed by atoms with E-state index in [1.54, 1.807) is 11.0 Å². The second kappa shape index (κ2) is 7.94. The highest BCUT2D eigenvalue weighted by Gasteiger charge is 2.29. The van der Waals surface area contributed by atoms with Crippen LogP contribution in [0.5, 0.6) is 0 Å². The smallest absolute Gasteiger partial charge is 0.252 e. The Kier molecular flexibility index (Phi) is 6.44. The number of sulfonamides is 1. The van der Waals surface area contributed by atoms with E-state index >= 15 is 0 Å². The van der Waals surface area contributed by atoms with E-state index in [1.807, 2.05) is 6.92 Å². The van der Waals surface area contributed by atoms with Gasteiger partial charge in [-0.25, -0.2) is 8.42 Å². The monoisotopic (exact) mass is 379 g/mol. The van der Waals surface area contributed by atoms with Gasteiger partial charge in [0.2, 0.25) is 5.91 Å². The lowest BCUT2D eigenvalue weighted by Gasteiger charge is -2.22. The van der Waals surface area contributed by atoms with Gasteiger partial charge in [0.15, 0.2) is 0 Å². The summed E-state index contributed by atoms with van der Waals surface area (Å²) in [4.78, 5) is 13.9.